The molecule has 1 aromatic heterocycles. The van der Waals surface area contributed by atoms with E-state index in [1.807, 2.05) is 6.92 Å². The minimum absolute atomic E-state index is 0.00683. The van der Waals surface area contributed by atoms with Crippen LogP contribution in [-0.4, -0.2) is 15.6 Å². The number of anilines is 1. The number of phenols is 1. The van der Waals surface area contributed by atoms with Gasteiger partial charge in [-0.3, -0.25) is 14.2 Å². The van der Waals surface area contributed by atoms with Crippen LogP contribution in [0.25, 0.3) is 5.69 Å². The van der Waals surface area contributed by atoms with Crippen molar-refractivity contribution < 1.29 is 9.90 Å². The molecule has 1 aliphatic rings. The molecule has 0 spiro atoms. The van der Waals surface area contributed by atoms with Crippen molar-refractivity contribution in [2.45, 2.75) is 39.0 Å². The average Bonchev–Trinajstić information content (AvgIpc) is 2.47. The summed E-state index contributed by atoms with van der Waals surface area (Å²) < 4.78 is 1.32. The van der Waals surface area contributed by atoms with Crippen molar-refractivity contribution >= 4 is 11.7 Å². The number of nitrogen functional groups attached to an aromatic ring is 1. The zero-order valence-corrected chi connectivity index (χ0v) is 13.8. The topological polar surface area (TPSA) is 111 Å². The molecule has 0 atom stereocenters. The van der Waals surface area contributed by atoms with E-state index < -0.39 is 5.91 Å². The van der Waals surface area contributed by atoms with Crippen molar-refractivity contribution in [2.75, 3.05) is 5.73 Å². The SMILES string of the molecule is Cc1ccc(O)c(C)c1-n1c(N)c(C(N)=O)cc(C2CCC2)c1=O. The molecule has 3 rings (SSSR count). The first-order valence-electron chi connectivity index (χ1n) is 7.97. The predicted octanol–water partition coefficient (Wildman–Crippen LogP) is 2.11. The molecular weight excluding hydrogens is 306 g/mol. The molecule has 0 saturated heterocycles. The van der Waals surface area contributed by atoms with Gasteiger partial charge in [0, 0.05) is 11.1 Å². The molecule has 6 heteroatoms. The first-order valence-corrected chi connectivity index (χ1v) is 7.97. The summed E-state index contributed by atoms with van der Waals surface area (Å²) in [5.41, 5.74) is 13.8. The third-order valence-corrected chi connectivity index (χ3v) is 4.90. The molecule has 1 fully saturated rings. The third-order valence-electron chi connectivity index (χ3n) is 4.90. The van der Waals surface area contributed by atoms with Crippen molar-refractivity contribution in [1.29, 1.82) is 0 Å². The molecule has 126 valence electrons. The van der Waals surface area contributed by atoms with Gasteiger partial charge in [-0.05, 0) is 50.3 Å². The van der Waals surface area contributed by atoms with Crippen molar-refractivity contribution in [3.05, 3.63) is 50.8 Å². The fraction of sp³-hybridized carbons (Fsp3) is 0.333. The van der Waals surface area contributed by atoms with Gasteiger partial charge in [-0.1, -0.05) is 12.5 Å². The molecule has 5 N–H and O–H groups in total. The van der Waals surface area contributed by atoms with E-state index in [1.165, 1.54) is 10.6 Å². The standard InChI is InChI=1S/C18H21N3O3/c1-9-6-7-14(22)10(2)15(9)21-16(19)13(17(20)23)8-12(18(21)24)11-4-3-5-11/h6-8,11,22H,3-5,19H2,1-2H3,(H2,20,23). The van der Waals surface area contributed by atoms with E-state index in [-0.39, 0.29) is 28.6 Å². The first-order chi connectivity index (χ1) is 11.3. The number of carbonyl (C=O) groups is 1. The van der Waals surface area contributed by atoms with Crippen LogP contribution in [0.3, 0.4) is 0 Å². The van der Waals surface area contributed by atoms with Crippen LogP contribution in [0.4, 0.5) is 5.82 Å². The maximum absolute atomic E-state index is 13.1. The van der Waals surface area contributed by atoms with Gasteiger partial charge < -0.3 is 16.6 Å². The maximum Gasteiger partial charge on any atom is 0.260 e. The Morgan fingerprint density at radius 3 is 2.50 bits per heavy atom. The van der Waals surface area contributed by atoms with Crippen molar-refractivity contribution in [3.63, 3.8) is 0 Å². The fourth-order valence-corrected chi connectivity index (χ4v) is 3.25. The van der Waals surface area contributed by atoms with Crippen LogP contribution >= 0.6 is 0 Å². The van der Waals surface area contributed by atoms with Gasteiger partial charge in [0.15, 0.2) is 0 Å². The average molecular weight is 327 g/mol. The van der Waals surface area contributed by atoms with Gasteiger partial charge in [0.1, 0.15) is 11.6 Å². The highest BCUT2D eigenvalue weighted by Crippen LogP contribution is 2.36. The maximum atomic E-state index is 13.1. The Morgan fingerprint density at radius 2 is 1.96 bits per heavy atom. The normalized spacial score (nSPS) is 14.4. The van der Waals surface area contributed by atoms with E-state index in [0.717, 1.165) is 24.8 Å². The van der Waals surface area contributed by atoms with Crippen LogP contribution < -0.4 is 17.0 Å². The number of hydrogen-bond acceptors (Lipinski definition) is 4. The molecule has 1 heterocycles. The van der Waals surface area contributed by atoms with Gasteiger partial charge in [0.25, 0.3) is 11.5 Å². The lowest BCUT2D eigenvalue weighted by Gasteiger charge is -2.27. The zero-order valence-electron chi connectivity index (χ0n) is 13.8. The highest BCUT2D eigenvalue weighted by molar-refractivity contribution is 5.97. The zero-order chi connectivity index (χ0) is 17.6. The van der Waals surface area contributed by atoms with Gasteiger partial charge >= 0.3 is 0 Å². The molecule has 24 heavy (non-hydrogen) atoms. The van der Waals surface area contributed by atoms with Crippen molar-refractivity contribution in [1.82, 2.24) is 4.57 Å². The third kappa shape index (κ3) is 2.35. The summed E-state index contributed by atoms with van der Waals surface area (Å²) in [5, 5.41) is 10.0. The Morgan fingerprint density at radius 1 is 1.29 bits per heavy atom. The summed E-state index contributed by atoms with van der Waals surface area (Å²) in [5.74, 6) is -0.471. The molecule has 1 aromatic carbocycles. The molecule has 6 nitrogen and oxygen atoms in total. The second kappa shape index (κ2) is 5.70. The number of benzene rings is 1. The first kappa shape index (κ1) is 16.1. The number of aromatic hydroxyl groups is 1. The number of hydrogen-bond donors (Lipinski definition) is 3. The second-order valence-corrected chi connectivity index (χ2v) is 6.41. The molecule has 0 bridgehead atoms. The number of phenolic OH excluding ortho intramolecular Hbond substituents is 1. The van der Waals surface area contributed by atoms with E-state index in [1.54, 1.807) is 19.1 Å². The number of aromatic nitrogens is 1. The lowest BCUT2D eigenvalue weighted by molar-refractivity contribution is 0.100. The lowest BCUT2D eigenvalue weighted by atomic mass is 9.80. The van der Waals surface area contributed by atoms with E-state index >= 15 is 0 Å². The number of nitrogens with zero attached hydrogens (tertiary/aromatic N) is 1. The number of pyridine rings is 1. The molecule has 0 radical (unpaired) electrons. The number of amides is 1. The second-order valence-electron chi connectivity index (χ2n) is 6.41. The predicted molar refractivity (Wildman–Crippen MR) is 92.7 cm³/mol. The fourth-order valence-electron chi connectivity index (χ4n) is 3.25. The molecule has 0 unspecified atom stereocenters. The summed E-state index contributed by atoms with van der Waals surface area (Å²) >= 11 is 0. The minimum atomic E-state index is -0.669. The number of rotatable bonds is 3. The van der Waals surface area contributed by atoms with Gasteiger partial charge in [0.05, 0.1) is 11.3 Å². The Labute approximate surface area is 139 Å². The van der Waals surface area contributed by atoms with Crippen LogP contribution in [0.15, 0.2) is 23.0 Å². The largest absolute Gasteiger partial charge is 0.508 e. The molecule has 0 aliphatic heterocycles. The van der Waals surface area contributed by atoms with Gasteiger partial charge in [-0.2, -0.15) is 0 Å². The molecule has 1 amide bonds. The number of aryl methyl sites for hydroxylation is 1. The summed E-state index contributed by atoms with van der Waals surface area (Å²) in [6.45, 7) is 3.54. The highest BCUT2D eigenvalue weighted by atomic mass is 16.3. The van der Waals surface area contributed by atoms with E-state index in [9.17, 15) is 14.7 Å². The van der Waals surface area contributed by atoms with Crippen LogP contribution in [0.2, 0.25) is 0 Å². The van der Waals surface area contributed by atoms with Crippen LogP contribution in [0.5, 0.6) is 5.75 Å². The molecule has 2 aromatic rings. The van der Waals surface area contributed by atoms with Gasteiger partial charge in [0.2, 0.25) is 0 Å². The lowest BCUT2D eigenvalue weighted by Crippen LogP contribution is -2.32. The summed E-state index contributed by atoms with van der Waals surface area (Å²) in [6, 6.07) is 4.82. The monoisotopic (exact) mass is 327 g/mol. The van der Waals surface area contributed by atoms with E-state index in [0.29, 0.717) is 16.8 Å². The molecular formula is C18H21N3O3. The Hall–Kier alpha value is -2.76. The minimum Gasteiger partial charge on any atom is -0.508 e. The quantitative estimate of drug-likeness (QED) is 0.801. The summed E-state index contributed by atoms with van der Waals surface area (Å²) in [6.07, 6.45) is 2.88. The Bertz CT molecular complexity index is 895. The van der Waals surface area contributed by atoms with Crippen molar-refractivity contribution in [3.8, 4) is 11.4 Å². The van der Waals surface area contributed by atoms with Gasteiger partial charge in [-0.25, -0.2) is 0 Å². The van der Waals surface area contributed by atoms with E-state index in [4.69, 9.17) is 11.5 Å². The van der Waals surface area contributed by atoms with Crippen LogP contribution in [0.1, 0.15) is 52.2 Å². The number of carbonyl (C=O) groups excluding carboxylic acids is 1. The Balaban J connectivity index is 2.39. The van der Waals surface area contributed by atoms with Crippen molar-refractivity contribution in [2.24, 2.45) is 5.73 Å². The summed E-state index contributed by atoms with van der Waals surface area (Å²) in [4.78, 5) is 24.9. The van der Waals surface area contributed by atoms with Crippen LogP contribution in [-0.2, 0) is 0 Å². The number of nitrogens with two attached hydrogens (primary N) is 2. The smallest absolute Gasteiger partial charge is 0.260 e. The van der Waals surface area contributed by atoms with Gasteiger partial charge in [-0.15, -0.1) is 0 Å². The van der Waals surface area contributed by atoms with E-state index in [2.05, 4.69) is 0 Å². The Kier molecular flexibility index (Phi) is 3.83. The van der Waals surface area contributed by atoms with Crippen LogP contribution in [0, 0.1) is 13.8 Å². The number of primary amides is 1. The summed E-state index contributed by atoms with van der Waals surface area (Å²) in [7, 11) is 0. The molecule has 1 aliphatic carbocycles. The molecule has 1 saturated carbocycles. The highest BCUT2D eigenvalue weighted by Gasteiger charge is 2.27.